The number of carboxylic acids is 1. The first kappa shape index (κ1) is 12.4. The van der Waals surface area contributed by atoms with Gasteiger partial charge in [-0.15, -0.1) is 0 Å². The van der Waals surface area contributed by atoms with Crippen LogP contribution in [0, 0.1) is 5.82 Å². The van der Waals surface area contributed by atoms with Crippen LogP contribution in [0.2, 0.25) is 0 Å². The Hall–Kier alpha value is -2.05. The molecular weight excluding hydrogens is 254 g/mol. The molecule has 0 aliphatic heterocycles. The van der Waals surface area contributed by atoms with Crippen molar-refractivity contribution in [2.24, 2.45) is 0 Å². The summed E-state index contributed by atoms with van der Waals surface area (Å²) >= 11 is 0. The lowest BCUT2D eigenvalue weighted by atomic mass is 10.1. The normalized spacial score (nSPS) is 12.0. The lowest BCUT2D eigenvalue weighted by Gasteiger charge is -2.06. The van der Waals surface area contributed by atoms with Gasteiger partial charge >= 0.3 is 12.1 Å². The third kappa shape index (κ3) is 2.15. The monoisotopic (exact) mass is 261 g/mol. The number of aromatic nitrogens is 1. The highest BCUT2D eigenvalue weighted by molar-refractivity contribution is 5.88. The van der Waals surface area contributed by atoms with Gasteiger partial charge in [0.1, 0.15) is 11.5 Å². The molecule has 18 heavy (non-hydrogen) atoms. The van der Waals surface area contributed by atoms with Gasteiger partial charge in [0.2, 0.25) is 0 Å². The maximum Gasteiger partial charge on any atom is 0.431 e. The number of hydrogen-bond donors (Lipinski definition) is 2. The van der Waals surface area contributed by atoms with E-state index in [9.17, 15) is 22.4 Å². The Morgan fingerprint density at radius 1 is 1.33 bits per heavy atom. The van der Waals surface area contributed by atoms with Crippen LogP contribution in [-0.2, 0) is 17.4 Å². The first-order valence-electron chi connectivity index (χ1n) is 4.88. The standard InChI is InChI=1S/C11H7F4NO2/c12-5-1-2-6-7(4-9(17)18)10(11(13,14)15)16-8(6)3-5/h1-3,16H,4H2,(H,17,18). The number of carboxylic acid groups (broad SMARTS) is 1. The van der Waals surface area contributed by atoms with E-state index in [-0.39, 0.29) is 16.5 Å². The third-order valence-electron chi connectivity index (χ3n) is 2.48. The van der Waals surface area contributed by atoms with Gasteiger partial charge in [-0.2, -0.15) is 13.2 Å². The molecule has 2 rings (SSSR count). The van der Waals surface area contributed by atoms with Gasteiger partial charge in [0.05, 0.1) is 6.42 Å². The molecule has 1 heterocycles. The van der Waals surface area contributed by atoms with Crippen LogP contribution in [0.3, 0.4) is 0 Å². The quantitative estimate of drug-likeness (QED) is 0.816. The van der Waals surface area contributed by atoms with Gasteiger partial charge in [-0.05, 0) is 18.2 Å². The molecule has 7 heteroatoms. The number of nitrogens with one attached hydrogen (secondary N) is 1. The molecule has 0 amide bonds. The Labute approximate surface area is 98.0 Å². The maximum absolute atomic E-state index is 12.9. The molecule has 1 aromatic heterocycles. The van der Waals surface area contributed by atoms with E-state index in [1.807, 2.05) is 4.98 Å². The van der Waals surface area contributed by atoms with E-state index in [0.717, 1.165) is 18.2 Å². The second kappa shape index (κ2) is 4.01. The number of rotatable bonds is 2. The zero-order valence-electron chi connectivity index (χ0n) is 8.81. The summed E-state index contributed by atoms with van der Waals surface area (Å²) in [6.07, 6.45) is -5.49. The Bertz CT molecular complexity index is 615. The highest BCUT2D eigenvalue weighted by Gasteiger charge is 2.36. The Balaban J connectivity index is 2.72. The van der Waals surface area contributed by atoms with E-state index < -0.39 is 30.1 Å². The molecule has 1 aromatic carbocycles. The molecule has 0 aliphatic rings. The zero-order chi connectivity index (χ0) is 13.5. The SMILES string of the molecule is O=C(O)Cc1c(C(F)(F)F)[nH]c2cc(F)ccc12. The summed E-state index contributed by atoms with van der Waals surface area (Å²) in [5.41, 5.74) is -1.60. The predicted molar refractivity (Wildman–Crippen MR) is 54.6 cm³/mol. The van der Waals surface area contributed by atoms with E-state index in [4.69, 9.17) is 5.11 Å². The van der Waals surface area contributed by atoms with Gasteiger partial charge in [-0.25, -0.2) is 4.39 Å². The summed E-state index contributed by atoms with van der Waals surface area (Å²) in [4.78, 5) is 12.6. The number of aliphatic carboxylic acids is 1. The average Bonchev–Trinajstić information content (AvgIpc) is 2.55. The van der Waals surface area contributed by atoms with Crippen LogP contribution < -0.4 is 0 Å². The van der Waals surface area contributed by atoms with Crippen molar-refractivity contribution >= 4 is 16.9 Å². The van der Waals surface area contributed by atoms with Gasteiger partial charge < -0.3 is 10.1 Å². The van der Waals surface area contributed by atoms with Crippen molar-refractivity contribution < 1.29 is 27.5 Å². The van der Waals surface area contributed by atoms with Crippen LogP contribution in [0.15, 0.2) is 18.2 Å². The Morgan fingerprint density at radius 3 is 2.56 bits per heavy atom. The number of aromatic amines is 1. The highest BCUT2D eigenvalue weighted by atomic mass is 19.4. The lowest BCUT2D eigenvalue weighted by molar-refractivity contribution is -0.142. The maximum atomic E-state index is 12.9. The molecular formula is C11H7F4NO2. The molecule has 0 radical (unpaired) electrons. The van der Waals surface area contributed by atoms with Crippen LogP contribution in [0.25, 0.3) is 10.9 Å². The van der Waals surface area contributed by atoms with Gasteiger partial charge in [0, 0.05) is 16.5 Å². The van der Waals surface area contributed by atoms with Crippen molar-refractivity contribution in [2.75, 3.05) is 0 Å². The van der Waals surface area contributed by atoms with Gasteiger partial charge in [-0.1, -0.05) is 0 Å². The zero-order valence-corrected chi connectivity index (χ0v) is 8.81. The van der Waals surface area contributed by atoms with Crippen molar-refractivity contribution in [3.8, 4) is 0 Å². The fourth-order valence-corrected chi connectivity index (χ4v) is 1.80. The lowest BCUT2D eigenvalue weighted by Crippen LogP contribution is -2.11. The summed E-state index contributed by atoms with van der Waals surface area (Å²) in [5, 5.41) is 8.70. The number of H-pyrrole nitrogens is 1. The average molecular weight is 261 g/mol. The largest absolute Gasteiger partial charge is 0.481 e. The summed E-state index contributed by atoms with van der Waals surface area (Å²) < 4.78 is 51.1. The molecule has 0 saturated heterocycles. The predicted octanol–water partition coefficient (Wildman–Crippen LogP) is 2.95. The van der Waals surface area contributed by atoms with Crippen LogP contribution in [0.1, 0.15) is 11.3 Å². The van der Waals surface area contributed by atoms with Crippen molar-refractivity contribution in [3.63, 3.8) is 0 Å². The van der Waals surface area contributed by atoms with E-state index in [0.29, 0.717) is 0 Å². The number of benzene rings is 1. The smallest absolute Gasteiger partial charge is 0.431 e. The topological polar surface area (TPSA) is 53.1 Å². The summed E-state index contributed by atoms with van der Waals surface area (Å²) in [6.45, 7) is 0. The molecule has 2 aromatic rings. The Morgan fingerprint density at radius 2 is 2.00 bits per heavy atom. The van der Waals surface area contributed by atoms with Gasteiger partial charge in [-0.3, -0.25) is 4.79 Å². The summed E-state index contributed by atoms with van der Waals surface area (Å²) in [7, 11) is 0. The highest BCUT2D eigenvalue weighted by Crippen LogP contribution is 2.35. The molecule has 2 N–H and O–H groups in total. The number of alkyl halides is 3. The van der Waals surface area contributed by atoms with Crippen LogP contribution in [0.4, 0.5) is 17.6 Å². The van der Waals surface area contributed by atoms with Crippen molar-refractivity contribution in [3.05, 3.63) is 35.3 Å². The number of carbonyl (C=O) groups is 1. The molecule has 0 spiro atoms. The van der Waals surface area contributed by atoms with Gasteiger partial charge in [0.25, 0.3) is 0 Å². The fourth-order valence-electron chi connectivity index (χ4n) is 1.80. The summed E-state index contributed by atoms with van der Waals surface area (Å²) in [6, 6.07) is 3.02. The second-order valence-electron chi connectivity index (χ2n) is 3.74. The molecule has 0 fully saturated rings. The molecule has 0 aliphatic carbocycles. The van der Waals surface area contributed by atoms with Crippen molar-refractivity contribution in [1.29, 1.82) is 0 Å². The van der Waals surface area contributed by atoms with E-state index >= 15 is 0 Å². The first-order valence-corrected chi connectivity index (χ1v) is 4.88. The Kier molecular flexibility index (Phi) is 2.76. The molecule has 96 valence electrons. The summed E-state index contributed by atoms with van der Waals surface area (Å²) in [5.74, 6) is -2.08. The third-order valence-corrected chi connectivity index (χ3v) is 2.48. The minimum atomic E-state index is -4.71. The van der Waals surface area contributed by atoms with Crippen molar-refractivity contribution in [1.82, 2.24) is 4.98 Å². The second-order valence-corrected chi connectivity index (χ2v) is 3.74. The van der Waals surface area contributed by atoms with Gasteiger partial charge in [0.15, 0.2) is 0 Å². The molecule has 0 bridgehead atoms. The van der Waals surface area contributed by atoms with Crippen LogP contribution in [-0.4, -0.2) is 16.1 Å². The number of hydrogen-bond acceptors (Lipinski definition) is 1. The number of fused-ring (bicyclic) bond motifs is 1. The van der Waals surface area contributed by atoms with Crippen LogP contribution >= 0.6 is 0 Å². The minimum Gasteiger partial charge on any atom is -0.481 e. The van der Waals surface area contributed by atoms with E-state index in [2.05, 4.69) is 0 Å². The minimum absolute atomic E-state index is 0.0612. The first-order chi connectivity index (χ1) is 8.29. The van der Waals surface area contributed by atoms with Crippen LogP contribution in [0.5, 0.6) is 0 Å². The molecule has 0 unspecified atom stereocenters. The molecule has 3 nitrogen and oxygen atoms in total. The fraction of sp³-hybridized carbons (Fsp3) is 0.182. The van der Waals surface area contributed by atoms with Crippen molar-refractivity contribution in [2.45, 2.75) is 12.6 Å². The molecule has 0 saturated carbocycles. The number of halogens is 4. The molecule has 0 atom stereocenters. The van der Waals surface area contributed by atoms with E-state index in [1.165, 1.54) is 0 Å². The van der Waals surface area contributed by atoms with E-state index in [1.54, 1.807) is 0 Å².